The first-order valence-electron chi connectivity index (χ1n) is 5.90. The number of nitrogens with one attached hydrogen (secondary N) is 2. The van der Waals surface area contributed by atoms with Crippen molar-refractivity contribution in [2.24, 2.45) is 0 Å². The number of nitrogens with zero attached hydrogens (tertiary/aromatic N) is 1. The molecule has 1 aromatic carbocycles. The molecule has 0 radical (unpaired) electrons. The van der Waals surface area contributed by atoms with Gasteiger partial charge in [-0.3, -0.25) is 9.59 Å². The number of aromatic amines is 1. The number of H-pyrrole nitrogens is 1. The van der Waals surface area contributed by atoms with Crippen LogP contribution in [0.1, 0.15) is 17.6 Å². The molecule has 1 saturated heterocycles. The fourth-order valence-corrected chi connectivity index (χ4v) is 2.29. The first kappa shape index (κ1) is 11.5. The smallest absolute Gasteiger partial charge is 0.333 e. The normalized spacial score (nSPS) is 18.7. The highest BCUT2D eigenvalue weighted by atomic mass is 16.2. The number of anilines is 1. The van der Waals surface area contributed by atoms with Gasteiger partial charge in [0, 0.05) is 12.1 Å². The average molecular weight is 260 g/mol. The number of hydrogen-bond donors (Lipinski definition) is 3. The van der Waals surface area contributed by atoms with Gasteiger partial charge in [-0.25, -0.2) is 9.36 Å². The monoisotopic (exact) mass is 260 g/mol. The van der Waals surface area contributed by atoms with Gasteiger partial charge < -0.3 is 16.0 Å². The Balaban J connectivity index is 2.11. The van der Waals surface area contributed by atoms with Gasteiger partial charge in [-0.05, 0) is 24.6 Å². The molecule has 1 atom stereocenters. The van der Waals surface area contributed by atoms with Crippen LogP contribution < -0.4 is 16.7 Å². The molecule has 2 aromatic rings. The highest BCUT2D eigenvalue weighted by Crippen LogP contribution is 2.16. The summed E-state index contributed by atoms with van der Waals surface area (Å²) in [4.78, 5) is 37.9. The van der Waals surface area contributed by atoms with E-state index in [-0.39, 0.29) is 5.91 Å². The van der Waals surface area contributed by atoms with Crippen LogP contribution >= 0.6 is 0 Å². The van der Waals surface area contributed by atoms with Crippen LogP contribution in [0.15, 0.2) is 23.0 Å². The van der Waals surface area contributed by atoms with Gasteiger partial charge >= 0.3 is 5.69 Å². The highest BCUT2D eigenvalue weighted by Gasteiger charge is 2.30. The lowest BCUT2D eigenvalue weighted by Gasteiger charge is -2.09. The number of amides is 1. The quantitative estimate of drug-likeness (QED) is 0.618. The maximum atomic E-state index is 12.3. The zero-order valence-corrected chi connectivity index (χ0v) is 9.97. The van der Waals surface area contributed by atoms with Crippen molar-refractivity contribution < 1.29 is 9.59 Å². The zero-order chi connectivity index (χ0) is 13.6. The fraction of sp³-hybridized carbons (Fsp3) is 0.250. The Morgan fingerprint density at radius 3 is 2.84 bits per heavy atom. The Morgan fingerprint density at radius 1 is 1.37 bits per heavy atom. The number of nitrogen functional groups attached to an aromatic ring is 1. The fourth-order valence-electron chi connectivity index (χ4n) is 2.29. The summed E-state index contributed by atoms with van der Waals surface area (Å²) < 4.78 is 1.03. The van der Waals surface area contributed by atoms with Crippen molar-refractivity contribution in [2.75, 3.05) is 5.73 Å². The first-order valence-corrected chi connectivity index (χ1v) is 5.90. The standard InChI is InChI=1S/C12H12N4O3/c13-6-1-2-7-9(5-6)16(12(19)15-7)11(18)8-3-4-10(17)14-8/h1-2,5,8H,3-4,13H2,(H,14,17)(H,15,19). The summed E-state index contributed by atoms with van der Waals surface area (Å²) in [5.74, 6) is -0.613. The van der Waals surface area contributed by atoms with E-state index < -0.39 is 17.6 Å². The second kappa shape index (κ2) is 3.98. The van der Waals surface area contributed by atoms with Gasteiger partial charge in [-0.15, -0.1) is 0 Å². The number of aromatic nitrogens is 2. The number of carbonyl (C=O) groups is 2. The molecule has 98 valence electrons. The minimum Gasteiger partial charge on any atom is -0.399 e. The van der Waals surface area contributed by atoms with Crippen molar-refractivity contribution in [3.05, 3.63) is 28.7 Å². The first-order chi connectivity index (χ1) is 9.06. The minimum atomic E-state index is -0.648. The van der Waals surface area contributed by atoms with Gasteiger partial charge in [0.25, 0.3) is 5.91 Å². The van der Waals surface area contributed by atoms with Crippen LogP contribution in [0, 0.1) is 0 Å². The van der Waals surface area contributed by atoms with Crippen molar-refractivity contribution in [3.63, 3.8) is 0 Å². The maximum absolute atomic E-state index is 12.3. The Labute approximate surface area is 107 Å². The molecule has 1 amide bonds. The molecule has 0 aliphatic carbocycles. The van der Waals surface area contributed by atoms with Crippen LogP contribution in [-0.4, -0.2) is 27.4 Å². The van der Waals surface area contributed by atoms with Gasteiger partial charge in [0.15, 0.2) is 0 Å². The number of rotatable bonds is 1. The molecule has 19 heavy (non-hydrogen) atoms. The number of hydrogen-bond acceptors (Lipinski definition) is 4. The molecule has 3 rings (SSSR count). The summed E-state index contributed by atoms with van der Waals surface area (Å²) in [7, 11) is 0. The third-order valence-electron chi connectivity index (χ3n) is 3.22. The van der Waals surface area contributed by atoms with E-state index in [2.05, 4.69) is 10.3 Å². The van der Waals surface area contributed by atoms with Gasteiger partial charge in [-0.2, -0.15) is 0 Å². The summed E-state index contributed by atoms with van der Waals surface area (Å²) in [5, 5.41) is 2.56. The molecule has 4 N–H and O–H groups in total. The van der Waals surface area contributed by atoms with Crippen LogP contribution in [0.2, 0.25) is 0 Å². The lowest BCUT2D eigenvalue weighted by molar-refractivity contribution is -0.119. The minimum absolute atomic E-state index is 0.175. The molecule has 1 fully saturated rings. The Morgan fingerprint density at radius 2 is 2.16 bits per heavy atom. The molecule has 0 saturated carbocycles. The van der Waals surface area contributed by atoms with Crippen LogP contribution in [-0.2, 0) is 4.79 Å². The van der Waals surface area contributed by atoms with Crippen molar-refractivity contribution in [3.8, 4) is 0 Å². The second-order valence-corrected chi connectivity index (χ2v) is 4.54. The van der Waals surface area contributed by atoms with E-state index in [9.17, 15) is 14.4 Å². The number of fused-ring (bicyclic) bond motifs is 1. The predicted molar refractivity (Wildman–Crippen MR) is 68.8 cm³/mol. The van der Waals surface area contributed by atoms with Gasteiger partial charge in [0.1, 0.15) is 6.04 Å². The summed E-state index contributed by atoms with van der Waals surface area (Å²) in [6.07, 6.45) is 0.703. The highest BCUT2D eigenvalue weighted by molar-refractivity contribution is 5.97. The van der Waals surface area contributed by atoms with E-state index in [4.69, 9.17) is 5.73 Å². The molecule has 7 nitrogen and oxygen atoms in total. The molecule has 0 bridgehead atoms. The van der Waals surface area contributed by atoms with E-state index in [1.54, 1.807) is 18.2 Å². The van der Waals surface area contributed by atoms with Crippen LogP contribution in [0.3, 0.4) is 0 Å². The summed E-state index contributed by atoms with van der Waals surface area (Å²) in [6, 6.07) is 4.20. The third-order valence-corrected chi connectivity index (χ3v) is 3.22. The number of carbonyl (C=O) groups excluding carboxylic acids is 2. The summed E-state index contributed by atoms with van der Waals surface area (Å²) >= 11 is 0. The van der Waals surface area contributed by atoms with Gasteiger partial charge in [0.2, 0.25) is 5.91 Å². The molecular formula is C12H12N4O3. The third kappa shape index (κ3) is 1.79. The van der Waals surface area contributed by atoms with E-state index in [1.807, 2.05) is 0 Å². The van der Waals surface area contributed by atoms with Crippen molar-refractivity contribution in [1.29, 1.82) is 0 Å². The number of benzene rings is 1. The lowest BCUT2D eigenvalue weighted by atomic mass is 10.2. The largest absolute Gasteiger partial charge is 0.399 e. The molecule has 0 spiro atoms. The topological polar surface area (TPSA) is 110 Å². The molecule has 1 aliphatic heterocycles. The molecule has 1 unspecified atom stereocenters. The summed E-state index contributed by atoms with van der Waals surface area (Å²) in [6.45, 7) is 0. The number of imidazole rings is 1. The van der Waals surface area contributed by atoms with Crippen LogP contribution in [0.5, 0.6) is 0 Å². The molecule has 1 aliphatic rings. The van der Waals surface area contributed by atoms with E-state index in [0.29, 0.717) is 29.6 Å². The van der Waals surface area contributed by atoms with Crippen molar-refractivity contribution in [2.45, 2.75) is 18.9 Å². The molecular weight excluding hydrogens is 248 g/mol. The van der Waals surface area contributed by atoms with Crippen molar-refractivity contribution in [1.82, 2.24) is 14.9 Å². The Bertz CT molecular complexity index is 743. The Hall–Kier alpha value is -2.57. The zero-order valence-electron chi connectivity index (χ0n) is 9.97. The van der Waals surface area contributed by atoms with E-state index in [0.717, 1.165) is 4.57 Å². The Kier molecular flexibility index (Phi) is 2.41. The molecule has 2 heterocycles. The SMILES string of the molecule is Nc1ccc2[nH]c(=O)n(C(=O)C3CCC(=O)N3)c2c1. The van der Waals surface area contributed by atoms with E-state index >= 15 is 0 Å². The predicted octanol–water partition coefficient (Wildman–Crippen LogP) is -0.169. The number of nitrogens with two attached hydrogens (primary N) is 1. The maximum Gasteiger partial charge on any atom is 0.333 e. The van der Waals surface area contributed by atoms with Crippen LogP contribution in [0.25, 0.3) is 11.0 Å². The summed E-state index contributed by atoms with van der Waals surface area (Å²) in [5.41, 5.74) is 6.57. The second-order valence-electron chi connectivity index (χ2n) is 4.54. The van der Waals surface area contributed by atoms with Crippen molar-refractivity contribution >= 4 is 28.5 Å². The average Bonchev–Trinajstić information content (AvgIpc) is 2.91. The van der Waals surface area contributed by atoms with Gasteiger partial charge in [0.05, 0.1) is 11.0 Å². The molecule has 7 heteroatoms. The van der Waals surface area contributed by atoms with Gasteiger partial charge in [-0.1, -0.05) is 0 Å². The lowest BCUT2D eigenvalue weighted by Crippen LogP contribution is -2.40. The molecule has 1 aromatic heterocycles. The van der Waals surface area contributed by atoms with E-state index in [1.165, 1.54) is 0 Å². The van der Waals surface area contributed by atoms with Crippen LogP contribution in [0.4, 0.5) is 5.69 Å².